The number of alkyl halides is 2. The van der Waals surface area contributed by atoms with Crippen LogP contribution >= 0.6 is 0 Å². The molecular formula is C25H28F4O. The van der Waals surface area contributed by atoms with Crippen LogP contribution in [0, 0.1) is 23.5 Å². The van der Waals surface area contributed by atoms with E-state index < -0.39 is 29.9 Å². The van der Waals surface area contributed by atoms with E-state index in [1.54, 1.807) is 24.3 Å². The highest BCUT2D eigenvalue weighted by molar-refractivity contribution is 5.66. The second-order valence-electron chi connectivity index (χ2n) is 8.11. The highest BCUT2D eigenvalue weighted by Gasteiger charge is 2.33. The van der Waals surface area contributed by atoms with Gasteiger partial charge in [0.25, 0.3) is 0 Å². The van der Waals surface area contributed by atoms with Gasteiger partial charge in [-0.25, -0.2) is 8.78 Å². The molecule has 0 bridgehead atoms. The number of aryl methyl sites for hydroxylation is 1. The van der Waals surface area contributed by atoms with Crippen molar-refractivity contribution in [3.05, 3.63) is 66.3 Å². The van der Waals surface area contributed by atoms with Gasteiger partial charge in [-0.2, -0.15) is 8.78 Å². The summed E-state index contributed by atoms with van der Waals surface area (Å²) in [6, 6.07) is 8.47. The fourth-order valence-electron chi connectivity index (χ4n) is 4.10. The van der Waals surface area contributed by atoms with Crippen molar-refractivity contribution in [3.63, 3.8) is 0 Å². The Bertz CT molecular complexity index is 829. The van der Waals surface area contributed by atoms with Gasteiger partial charge >= 0.3 is 6.11 Å². The minimum atomic E-state index is -3.47. The maximum atomic E-state index is 14.5. The maximum absolute atomic E-state index is 14.5. The molecule has 1 fully saturated rings. The maximum Gasteiger partial charge on any atom is 0.397 e. The van der Waals surface area contributed by atoms with Crippen molar-refractivity contribution >= 4 is 0 Å². The largest absolute Gasteiger partial charge is 0.432 e. The van der Waals surface area contributed by atoms with Crippen molar-refractivity contribution in [1.82, 2.24) is 0 Å². The first-order chi connectivity index (χ1) is 14.3. The molecule has 1 nitrogen and oxygen atoms in total. The summed E-state index contributed by atoms with van der Waals surface area (Å²) < 4.78 is 62.3. The van der Waals surface area contributed by atoms with E-state index in [0.29, 0.717) is 17.9 Å². The van der Waals surface area contributed by atoms with Gasteiger partial charge in [0, 0.05) is 12.1 Å². The second kappa shape index (κ2) is 9.67. The number of allylic oxidation sites excluding steroid dienone is 1. The number of halogens is 4. The quantitative estimate of drug-likeness (QED) is 0.311. The van der Waals surface area contributed by atoms with E-state index in [4.69, 9.17) is 4.74 Å². The van der Waals surface area contributed by atoms with Crippen LogP contribution in [0.2, 0.25) is 0 Å². The van der Waals surface area contributed by atoms with Crippen LogP contribution in [0.1, 0.15) is 51.0 Å². The zero-order valence-corrected chi connectivity index (χ0v) is 17.3. The van der Waals surface area contributed by atoms with Crippen LogP contribution in [0.3, 0.4) is 0 Å². The molecule has 1 aliphatic rings. The van der Waals surface area contributed by atoms with Crippen LogP contribution in [0.15, 0.2) is 49.1 Å². The lowest BCUT2D eigenvalue weighted by Gasteiger charge is -2.28. The Morgan fingerprint density at radius 3 is 2.17 bits per heavy atom. The fourth-order valence-corrected chi connectivity index (χ4v) is 4.10. The first kappa shape index (κ1) is 22.4. The smallest absolute Gasteiger partial charge is 0.397 e. The van der Waals surface area contributed by atoms with Crippen LogP contribution < -0.4 is 4.74 Å². The van der Waals surface area contributed by atoms with Crippen molar-refractivity contribution in [2.45, 2.75) is 58.0 Å². The summed E-state index contributed by atoms with van der Waals surface area (Å²) in [5.74, 6) is -1.65. The van der Waals surface area contributed by atoms with E-state index in [-0.39, 0.29) is 11.5 Å². The van der Waals surface area contributed by atoms with Crippen molar-refractivity contribution in [1.29, 1.82) is 0 Å². The molecule has 30 heavy (non-hydrogen) atoms. The third kappa shape index (κ3) is 5.65. The summed E-state index contributed by atoms with van der Waals surface area (Å²) in [5, 5.41) is 0. The van der Waals surface area contributed by atoms with Gasteiger partial charge in [0.15, 0.2) is 0 Å². The van der Waals surface area contributed by atoms with Crippen LogP contribution in [-0.2, 0) is 6.42 Å². The summed E-state index contributed by atoms with van der Waals surface area (Å²) in [6.07, 6.45) is 2.84. The van der Waals surface area contributed by atoms with E-state index in [1.807, 2.05) is 13.0 Å². The predicted octanol–water partition coefficient (Wildman–Crippen LogP) is 7.94. The zero-order chi connectivity index (χ0) is 21.7. The topological polar surface area (TPSA) is 9.23 Å². The van der Waals surface area contributed by atoms with Crippen molar-refractivity contribution in [2.75, 3.05) is 0 Å². The number of hydrogen-bond acceptors (Lipinski definition) is 1. The van der Waals surface area contributed by atoms with Gasteiger partial charge in [-0.3, -0.25) is 0 Å². The standard InChI is InChI=1S/C25H28F4O/c1-3-17-5-7-19(8-6-17)13-14-25(28,29)30-21-15-22(26)24(23(27)16-21)20-11-9-18(4-2)10-12-20/h3,9-12,15-17,19H,1,4-8,13-14H2,2H3. The van der Waals surface area contributed by atoms with Gasteiger partial charge in [-0.15, -0.1) is 6.58 Å². The van der Waals surface area contributed by atoms with Crippen LogP contribution in [-0.4, -0.2) is 6.11 Å². The van der Waals surface area contributed by atoms with Crippen LogP contribution in [0.5, 0.6) is 5.75 Å². The molecule has 0 spiro atoms. The molecule has 0 aromatic heterocycles. The zero-order valence-electron chi connectivity index (χ0n) is 17.3. The summed E-state index contributed by atoms with van der Waals surface area (Å²) in [4.78, 5) is 0. The molecule has 162 valence electrons. The monoisotopic (exact) mass is 420 g/mol. The van der Waals surface area contributed by atoms with Crippen molar-refractivity contribution in [3.8, 4) is 16.9 Å². The van der Waals surface area contributed by atoms with Crippen molar-refractivity contribution < 1.29 is 22.3 Å². The summed E-state index contributed by atoms with van der Waals surface area (Å²) in [7, 11) is 0. The summed E-state index contributed by atoms with van der Waals surface area (Å²) >= 11 is 0. The lowest BCUT2D eigenvalue weighted by atomic mass is 9.80. The second-order valence-corrected chi connectivity index (χ2v) is 8.11. The molecule has 0 saturated heterocycles. The number of ether oxygens (including phenoxy) is 1. The molecule has 0 atom stereocenters. The molecule has 0 N–H and O–H groups in total. The molecule has 0 aliphatic heterocycles. The van der Waals surface area contributed by atoms with E-state index in [1.165, 1.54) is 0 Å². The number of hydrogen-bond donors (Lipinski definition) is 0. The molecule has 5 heteroatoms. The van der Waals surface area contributed by atoms with Gasteiger partial charge < -0.3 is 4.74 Å². The number of rotatable bonds is 8. The fraction of sp³-hybridized carbons (Fsp3) is 0.440. The van der Waals surface area contributed by atoms with Gasteiger partial charge in [0.1, 0.15) is 17.4 Å². The Morgan fingerprint density at radius 1 is 1.03 bits per heavy atom. The lowest BCUT2D eigenvalue weighted by molar-refractivity contribution is -0.183. The van der Waals surface area contributed by atoms with Gasteiger partial charge in [-0.05, 0) is 61.5 Å². The molecule has 3 rings (SSSR count). The van der Waals surface area contributed by atoms with E-state index in [2.05, 4.69) is 6.58 Å². The minimum absolute atomic E-state index is 0.220. The highest BCUT2D eigenvalue weighted by Crippen LogP contribution is 2.36. The minimum Gasteiger partial charge on any atom is -0.432 e. The molecule has 1 saturated carbocycles. The summed E-state index contributed by atoms with van der Waals surface area (Å²) in [5.41, 5.74) is 1.15. The van der Waals surface area contributed by atoms with Crippen molar-refractivity contribution in [2.24, 2.45) is 11.8 Å². The predicted molar refractivity (Wildman–Crippen MR) is 112 cm³/mol. The molecule has 0 radical (unpaired) electrons. The Labute approximate surface area is 175 Å². The molecule has 0 heterocycles. The average Bonchev–Trinajstić information content (AvgIpc) is 2.72. The molecule has 2 aromatic carbocycles. The molecule has 2 aromatic rings. The lowest BCUT2D eigenvalue weighted by Crippen LogP contribution is -2.26. The first-order valence-electron chi connectivity index (χ1n) is 10.6. The first-order valence-corrected chi connectivity index (χ1v) is 10.6. The average molecular weight is 420 g/mol. The van der Waals surface area contributed by atoms with E-state index >= 15 is 0 Å². The Morgan fingerprint density at radius 2 is 1.63 bits per heavy atom. The van der Waals surface area contributed by atoms with Crippen LogP contribution in [0.25, 0.3) is 11.1 Å². The highest BCUT2D eigenvalue weighted by atomic mass is 19.3. The van der Waals surface area contributed by atoms with Gasteiger partial charge in [-0.1, -0.05) is 37.3 Å². The van der Waals surface area contributed by atoms with E-state index in [9.17, 15) is 17.6 Å². The number of benzene rings is 2. The normalized spacial score (nSPS) is 19.5. The SMILES string of the molecule is C=CC1CCC(CCC(F)(F)Oc2cc(F)c(-c3ccc(CC)cc3)c(F)c2)CC1. The third-order valence-electron chi connectivity index (χ3n) is 6.00. The Hall–Kier alpha value is -2.30. The van der Waals surface area contributed by atoms with Gasteiger partial charge in [0.05, 0.1) is 12.0 Å². The van der Waals surface area contributed by atoms with Crippen LogP contribution in [0.4, 0.5) is 17.6 Å². The van der Waals surface area contributed by atoms with Gasteiger partial charge in [0.2, 0.25) is 0 Å². The molecule has 0 unspecified atom stereocenters. The third-order valence-corrected chi connectivity index (χ3v) is 6.00. The van der Waals surface area contributed by atoms with E-state index in [0.717, 1.165) is 49.8 Å². The molecular weight excluding hydrogens is 392 g/mol. The Kier molecular flexibility index (Phi) is 7.22. The summed E-state index contributed by atoms with van der Waals surface area (Å²) in [6.45, 7) is 5.77. The Balaban J connectivity index is 1.64. The molecule has 1 aliphatic carbocycles. The molecule has 0 amide bonds.